The number of piperidine rings is 1. The Morgan fingerprint density at radius 1 is 1.13 bits per heavy atom. The van der Waals surface area contributed by atoms with Gasteiger partial charge in [-0.2, -0.15) is 13.2 Å². The smallest absolute Gasteiger partial charge is 0.433 e. The number of carbonyl (C=O) groups excluding carboxylic acids is 2. The molecule has 3 heterocycles. The van der Waals surface area contributed by atoms with Crippen LogP contribution in [-0.4, -0.2) is 58.5 Å². The summed E-state index contributed by atoms with van der Waals surface area (Å²) >= 11 is 0. The fraction of sp³-hybridized carbons (Fsp3) is 0.421. The second kappa shape index (κ2) is 7.54. The van der Waals surface area contributed by atoms with Crippen molar-refractivity contribution in [2.45, 2.75) is 6.18 Å². The first-order valence-corrected chi connectivity index (χ1v) is 9.14. The third-order valence-electron chi connectivity index (χ3n) is 5.36. The molecular formula is C19H17F3N4O4. The number of pyridine rings is 1. The highest BCUT2D eigenvalue weighted by molar-refractivity contribution is 5.93. The van der Waals surface area contributed by atoms with Crippen molar-refractivity contribution in [3.8, 4) is 5.88 Å². The maximum absolute atomic E-state index is 12.7. The maximum Gasteiger partial charge on any atom is 0.433 e. The number of carbonyl (C=O) groups is 2. The van der Waals surface area contributed by atoms with E-state index in [4.69, 9.17) is 4.74 Å². The van der Waals surface area contributed by atoms with Gasteiger partial charge < -0.3 is 14.4 Å². The van der Waals surface area contributed by atoms with Crippen molar-refractivity contribution in [1.29, 1.82) is 0 Å². The number of halogens is 3. The molecule has 158 valence electrons. The van der Waals surface area contributed by atoms with Crippen LogP contribution in [0.2, 0.25) is 0 Å². The number of nitrogens with zero attached hydrogens (tertiary/aromatic N) is 4. The van der Waals surface area contributed by atoms with Gasteiger partial charge in [-0.25, -0.2) is 19.7 Å². The second-order valence-electron chi connectivity index (χ2n) is 7.15. The van der Waals surface area contributed by atoms with E-state index in [1.165, 1.54) is 31.6 Å². The normalized spacial score (nSPS) is 22.4. The summed E-state index contributed by atoms with van der Waals surface area (Å²) in [5.74, 6) is -0.377. The standard InChI is InChI=1S/C19H17F3N4O4/c1-29-18(28)14-6-23-13(5-24-14)17(27)26-7-10-11(8-26)12(10)9-30-16-4-2-3-15(25-16)19(20,21)22/h2-6,10-12H,7-9H2,1H3/t10-,11+,12?. The lowest BCUT2D eigenvalue weighted by Crippen LogP contribution is -2.33. The van der Waals surface area contributed by atoms with Gasteiger partial charge in [-0.1, -0.05) is 6.07 Å². The number of aromatic nitrogens is 3. The van der Waals surface area contributed by atoms with E-state index in [1.54, 1.807) is 4.90 Å². The molecule has 2 aromatic rings. The minimum atomic E-state index is -4.52. The molecule has 0 radical (unpaired) electrons. The second-order valence-corrected chi connectivity index (χ2v) is 7.15. The van der Waals surface area contributed by atoms with Gasteiger partial charge in [-0.3, -0.25) is 4.79 Å². The summed E-state index contributed by atoms with van der Waals surface area (Å²) in [6, 6.07) is 3.54. The number of alkyl halides is 3. The first-order valence-electron chi connectivity index (χ1n) is 9.14. The molecule has 0 N–H and O–H groups in total. The lowest BCUT2D eigenvalue weighted by atomic mass is 10.2. The lowest BCUT2D eigenvalue weighted by Gasteiger charge is -2.19. The number of ether oxygens (including phenoxy) is 2. The predicted molar refractivity (Wildman–Crippen MR) is 94.5 cm³/mol. The summed E-state index contributed by atoms with van der Waals surface area (Å²) in [7, 11) is 1.23. The van der Waals surface area contributed by atoms with E-state index in [2.05, 4.69) is 19.7 Å². The maximum atomic E-state index is 12.7. The largest absolute Gasteiger partial charge is 0.477 e. The highest BCUT2D eigenvalue weighted by atomic mass is 19.4. The van der Waals surface area contributed by atoms with Crippen LogP contribution in [0.3, 0.4) is 0 Å². The van der Waals surface area contributed by atoms with Gasteiger partial charge in [0.1, 0.15) is 11.4 Å². The molecule has 30 heavy (non-hydrogen) atoms. The Morgan fingerprint density at radius 2 is 1.80 bits per heavy atom. The zero-order valence-electron chi connectivity index (χ0n) is 15.8. The molecule has 1 saturated heterocycles. The lowest BCUT2D eigenvalue weighted by molar-refractivity contribution is -0.141. The van der Waals surface area contributed by atoms with Gasteiger partial charge in [0.25, 0.3) is 5.91 Å². The third kappa shape index (κ3) is 3.91. The van der Waals surface area contributed by atoms with Crippen molar-refractivity contribution in [2.75, 3.05) is 26.8 Å². The Labute approximate surface area is 169 Å². The van der Waals surface area contributed by atoms with E-state index in [0.29, 0.717) is 13.1 Å². The Balaban J connectivity index is 1.29. The van der Waals surface area contributed by atoms with Crippen molar-refractivity contribution in [3.05, 3.63) is 47.7 Å². The van der Waals surface area contributed by atoms with Gasteiger partial charge in [0.05, 0.1) is 26.1 Å². The zero-order valence-corrected chi connectivity index (χ0v) is 15.8. The Kier molecular flexibility index (Phi) is 5.04. The van der Waals surface area contributed by atoms with Crippen molar-refractivity contribution < 1.29 is 32.2 Å². The van der Waals surface area contributed by atoms with E-state index in [-0.39, 0.29) is 47.5 Å². The number of hydrogen-bond donors (Lipinski definition) is 0. The number of esters is 1. The molecule has 2 aliphatic rings. The average Bonchev–Trinajstić information content (AvgIpc) is 3.19. The van der Waals surface area contributed by atoms with Crippen LogP contribution in [0.5, 0.6) is 5.88 Å². The van der Waals surface area contributed by atoms with Crippen LogP contribution in [0.15, 0.2) is 30.6 Å². The van der Waals surface area contributed by atoms with Crippen molar-refractivity contribution in [2.24, 2.45) is 17.8 Å². The quantitative estimate of drug-likeness (QED) is 0.681. The fourth-order valence-corrected chi connectivity index (χ4v) is 3.71. The zero-order chi connectivity index (χ0) is 21.5. The van der Waals surface area contributed by atoms with E-state index in [1.807, 2.05) is 0 Å². The van der Waals surface area contributed by atoms with Crippen LogP contribution in [0.1, 0.15) is 26.7 Å². The molecule has 2 fully saturated rings. The Morgan fingerprint density at radius 3 is 2.40 bits per heavy atom. The highest BCUT2D eigenvalue weighted by Gasteiger charge is 2.57. The molecule has 1 saturated carbocycles. The molecule has 1 unspecified atom stereocenters. The average molecular weight is 422 g/mol. The first-order chi connectivity index (χ1) is 14.3. The van der Waals surface area contributed by atoms with Gasteiger partial charge in [0.2, 0.25) is 5.88 Å². The summed E-state index contributed by atoms with van der Waals surface area (Å²) in [6.07, 6.45) is -2.10. The summed E-state index contributed by atoms with van der Waals surface area (Å²) in [5, 5.41) is 0. The summed E-state index contributed by atoms with van der Waals surface area (Å²) in [5.41, 5.74) is -0.851. The van der Waals surface area contributed by atoms with E-state index >= 15 is 0 Å². The van der Waals surface area contributed by atoms with Crippen LogP contribution < -0.4 is 4.74 Å². The summed E-state index contributed by atoms with van der Waals surface area (Å²) in [6.45, 7) is 1.27. The monoisotopic (exact) mass is 422 g/mol. The molecule has 11 heteroatoms. The van der Waals surface area contributed by atoms with Gasteiger partial charge in [0, 0.05) is 25.1 Å². The third-order valence-corrected chi connectivity index (χ3v) is 5.36. The van der Waals surface area contributed by atoms with Crippen LogP contribution in [-0.2, 0) is 10.9 Å². The van der Waals surface area contributed by atoms with Crippen molar-refractivity contribution in [1.82, 2.24) is 19.9 Å². The molecule has 0 bridgehead atoms. The molecule has 1 amide bonds. The summed E-state index contributed by atoms with van der Waals surface area (Å²) < 4.78 is 48.1. The van der Waals surface area contributed by atoms with Crippen LogP contribution in [0.4, 0.5) is 13.2 Å². The Hall–Kier alpha value is -3.24. The van der Waals surface area contributed by atoms with Gasteiger partial charge in [-0.05, 0) is 17.9 Å². The van der Waals surface area contributed by atoms with E-state index < -0.39 is 17.8 Å². The van der Waals surface area contributed by atoms with E-state index in [0.717, 1.165) is 6.07 Å². The van der Waals surface area contributed by atoms with Crippen molar-refractivity contribution in [3.63, 3.8) is 0 Å². The summed E-state index contributed by atoms with van der Waals surface area (Å²) in [4.78, 5) is 36.9. The molecule has 8 nitrogen and oxygen atoms in total. The highest BCUT2D eigenvalue weighted by Crippen LogP contribution is 2.51. The Bertz CT molecular complexity index is 955. The molecule has 3 atom stereocenters. The minimum absolute atomic E-state index is 0.0127. The molecule has 1 aliphatic carbocycles. The SMILES string of the molecule is COC(=O)c1cnc(C(=O)N2C[C@@H]3C(COc4cccc(C(F)(F)F)n4)[C@@H]3C2)cn1. The van der Waals surface area contributed by atoms with E-state index in [9.17, 15) is 22.8 Å². The topological polar surface area (TPSA) is 94.5 Å². The predicted octanol–water partition coefficient (Wildman–Crippen LogP) is 2.07. The first kappa shape index (κ1) is 20.0. The number of hydrogen-bond acceptors (Lipinski definition) is 7. The fourth-order valence-electron chi connectivity index (χ4n) is 3.71. The molecule has 4 rings (SSSR count). The van der Waals surface area contributed by atoms with Crippen LogP contribution >= 0.6 is 0 Å². The van der Waals surface area contributed by atoms with Gasteiger partial charge in [-0.15, -0.1) is 0 Å². The molecule has 1 aliphatic heterocycles. The number of amides is 1. The number of methoxy groups -OCH3 is 1. The van der Waals surface area contributed by atoms with Gasteiger partial charge in [0.15, 0.2) is 5.69 Å². The molecule has 2 aromatic heterocycles. The molecular weight excluding hydrogens is 405 g/mol. The number of rotatable bonds is 5. The van der Waals surface area contributed by atoms with Crippen molar-refractivity contribution >= 4 is 11.9 Å². The molecule has 0 spiro atoms. The minimum Gasteiger partial charge on any atom is -0.477 e. The number of likely N-dealkylation sites (tertiary alicyclic amines) is 1. The van der Waals surface area contributed by atoms with Gasteiger partial charge >= 0.3 is 12.1 Å². The number of fused-ring (bicyclic) bond motifs is 1. The molecule has 0 aromatic carbocycles. The van der Waals surface area contributed by atoms with Crippen LogP contribution in [0, 0.1) is 17.8 Å². The van der Waals surface area contributed by atoms with Crippen LogP contribution in [0.25, 0.3) is 0 Å².